The van der Waals surface area contributed by atoms with Crippen molar-refractivity contribution in [3.63, 3.8) is 0 Å². The van der Waals surface area contributed by atoms with Gasteiger partial charge in [0, 0.05) is 29.5 Å². The first-order valence-corrected chi connectivity index (χ1v) is 8.67. The van der Waals surface area contributed by atoms with Gasteiger partial charge in [-0.2, -0.15) is 0 Å². The van der Waals surface area contributed by atoms with E-state index in [4.69, 9.17) is 4.42 Å². The molecule has 5 nitrogen and oxygen atoms in total. The van der Waals surface area contributed by atoms with Gasteiger partial charge >= 0.3 is 0 Å². The Morgan fingerprint density at radius 3 is 2.75 bits per heavy atom. The summed E-state index contributed by atoms with van der Waals surface area (Å²) in [6.45, 7) is 4.45. The molecule has 24 heavy (non-hydrogen) atoms. The Hall–Kier alpha value is -2.47. The van der Waals surface area contributed by atoms with Crippen molar-refractivity contribution in [2.75, 3.05) is 0 Å². The second-order valence-corrected chi connectivity index (χ2v) is 6.59. The number of carbonyl (C=O) groups excluding carboxylic acids is 1. The van der Waals surface area contributed by atoms with Crippen molar-refractivity contribution in [2.24, 2.45) is 0 Å². The summed E-state index contributed by atoms with van der Waals surface area (Å²) in [5.74, 6) is 1.27. The Morgan fingerprint density at radius 2 is 2.04 bits per heavy atom. The van der Waals surface area contributed by atoms with Gasteiger partial charge in [-0.05, 0) is 13.8 Å². The minimum atomic E-state index is -0.0297. The van der Waals surface area contributed by atoms with Gasteiger partial charge in [-0.25, -0.2) is 9.97 Å². The third kappa shape index (κ3) is 4.29. The van der Waals surface area contributed by atoms with E-state index in [-0.39, 0.29) is 5.91 Å². The van der Waals surface area contributed by atoms with E-state index in [1.165, 1.54) is 5.56 Å². The lowest BCUT2D eigenvalue weighted by Gasteiger charge is -2.01. The van der Waals surface area contributed by atoms with Crippen LogP contribution in [0.25, 0.3) is 11.3 Å². The van der Waals surface area contributed by atoms with Crippen molar-refractivity contribution in [1.82, 2.24) is 15.3 Å². The number of nitrogens with one attached hydrogen (secondary N) is 1. The summed E-state index contributed by atoms with van der Waals surface area (Å²) < 4.78 is 5.72. The number of nitrogens with zero attached hydrogens (tertiary/aromatic N) is 2. The molecule has 0 atom stereocenters. The molecule has 0 unspecified atom stereocenters. The first-order valence-electron chi connectivity index (χ1n) is 7.79. The highest BCUT2D eigenvalue weighted by atomic mass is 32.1. The topological polar surface area (TPSA) is 68.0 Å². The molecule has 1 N–H and O–H groups in total. The summed E-state index contributed by atoms with van der Waals surface area (Å²) >= 11 is 1.55. The molecule has 0 aliphatic carbocycles. The van der Waals surface area contributed by atoms with Crippen LogP contribution in [0.15, 0.2) is 40.3 Å². The zero-order valence-corrected chi connectivity index (χ0v) is 14.5. The van der Waals surface area contributed by atoms with Crippen LogP contribution in [0, 0.1) is 13.8 Å². The highest BCUT2D eigenvalue weighted by molar-refractivity contribution is 7.09. The third-order valence-corrected chi connectivity index (χ3v) is 4.53. The van der Waals surface area contributed by atoms with Crippen LogP contribution < -0.4 is 5.32 Å². The van der Waals surface area contributed by atoms with Crippen LogP contribution in [0.3, 0.4) is 0 Å². The van der Waals surface area contributed by atoms with Crippen molar-refractivity contribution in [3.8, 4) is 11.3 Å². The largest absolute Gasteiger partial charge is 0.441 e. The van der Waals surface area contributed by atoms with Crippen LogP contribution in [-0.4, -0.2) is 15.9 Å². The molecule has 2 aromatic heterocycles. The molecule has 0 saturated heterocycles. The average molecular weight is 341 g/mol. The Morgan fingerprint density at radius 1 is 1.25 bits per heavy atom. The summed E-state index contributed by atoms with van der Waals surface area (Å²) in [5, 5.41) is 5.76. The molecule has 0 spiro atoms. The van der Waals surface area contributed by atoms with Gasteiger partial charge in [0.1, 0.15) is 5.01 Å². The zero-order chi connectivity index (χ0) is 16.9. The molecule has 3 rings (SSSR count). The maximum Gasteiger partial charge on any atom is 0.220 e. The number of benzene rings is 1. The Balaban J connectivity index is 1.49. The van der Waals surface area contributed by atoms with Crippen molar-refractivity contribution in [2.45, 2.75) is 33.2 Å². The van der Waals surface area contributed by atoms with E-state index in [9.17, 15) is 4.79 Å². The molecule has 1 aromatic carbocycles. The number of carbonyl (C=O) groups is 1. The molecule has 2 heterocycles. The van der Waals surface area contributed by atoms with Crippen molar-refractivity contribution < 1.29 is 9.21 Å². The number of rotatable bonds is 6. The minimum absolute atomic E-state index is 0.0297. The normalized spacial score (nSPS) is 10.8. The zero-order valence-electron chi connectivity index (χ0n) is 13.7. The monoisotopic (exact) mass is 341 g/mol. The lowest BCUT2D eigenvalue weighted by molar-refractivity contribution is -0.121. The predicted molar refractivity (Wildman–Crippen MR) is 93.7 cm³/mol. The highest BCUT2D eigenvalue weighted by Crippen LogP contribution is 2.21. The predicted octanol–water partition coefficient (Wildman–Crippen LogP) is 3.66. The van der Waals surface area contributed by atoms with Gasteiger partial charge in [0.05, 0.1) is 12.7 Å². The van der Waals surface area contributed by atoms with Gasteiger partial charge in [0.25, 0.3) is 0 Å². The SMILES string of the molecule is Cc1ccc(-c2cnc(CCC(=O)NCc3nc(C)cs3)o2)cc1. The van der Waals surface area contributed by atoms with Gasteiger partial charge in [0.2, 0.25) is 5.91 Å². The van der Waals surface area contributed by atoms with E-state index in [0.717, 1.165) is 22.0 Å². The Kier molecular flexibility index (Phi) is 5.05. The van der Waals surface area contributed by atoms with E-state index >= 15 is 0 Å². The molecule has 0 aliphatic heterocycles. The molecule has 0 bridgehead atoms. The standard InChI is InChI=1S/C18H19N3O2S/c1-12-3-5-14(6-4-12)15-9-20-17(23-15)8-7-16(22)19-10-18-21-13(2)11-24-18/h3-6,9,11H,7-8,10H2,1-2H3,(H,19,22). The van der Waals surface area contributed by atoms with E-state index in [1.807, 2.05) is 43.5 Å². The van der Waals surface area contributed by atoms with E-state index in [0.29, 0.717) is 25.3 Å². The lowest BCUT2D eigenvalue weighted by Crippen LogP contribution is -2.22. The fourth-order valence-electron chi connectivity index (χ4n) is 2.24. The molecular formula is C18H19N3O2S. The highest BCUT2D eigenvalue weighted by Gasteiger charge is 2.09. The number of aromatic nitrogens is 2. The number of oxazole rings is 1. The quantitative estimate of drug-likeness (QED) is 0.743. The summed E-state index contributed by atoms with van der Waals surface area (Å²) in [4.78, 5) is 20.5. The smallest absolute Gasteiger partial charge is 0.220 e. The number of amides is 1. The van der Waals surface area contributed by atoms with Crippen LogP contribution in [0.2, 0.25) is 0 Å². The van der Waals surface area contributed by atoms with E-state index in [2.05, 4.69) is 15.3 Å². The molecule has 3 aromatic rings. The van der Waals surface area contributed by atoms with Gasteiger partial charge in [-0.15, -0.1) is 11.3 Å². The summed E-state index contributed by atoms with van der Waals surface area (Å²) in [6, 6.07) is 8.07. The maximum atomic E-state index is 11.9. The first-order chi connectivity index (χ1) is 11.6. The lowest BCUT2D eigenvalue weighted by atomic mass is 10.1. The van der Waals surface area contributed by atoms with E-state index in [1.54, 1.807) is 17.5 Å². The fourth-order valence-corrected chi connectivity index (χ4v) is 2.96. The van der Waals surface area contributed by atoms with Gasteiger partial charge in [-0.3, -0.25) is 4.79 Å². The van der Waals surface area contributed by atoms with Crippen molar-refractivity contribution in [3.05, 3.63) is 58.0 Å². The molecule has 0 aliphatic rings. The number of aryl methyl sites for hydroxylation is 3. The minimum Gasteiger partial charge on any atom is -0.441 e. The second-order valence-electron chi connectivity index (χ2n) is 5.64. The van der Waals surface area contributed by atoms with Gasteiger partial charge in [0.15, 0.2) is 11.7 Å². The van der Waals surface area contributed by atoms with Crippen LogP contribution in [0.5, 0.6) is 0 Å². The van der Waals surface area contributed by atoms with E-state index < -0.39 is 0 Å². The molecule has 6 heteroatoms. The molecule has 1 amide bonds. The van der Waals surface area contributed by atoms with Crippen LogP contribution in [0.4, 0.5) is 0 Å². The third-order valence-electron chi connectivity index (χ3n) is 3.56. The van der Waals surface area contributed by atoms with Crippen LogP contribution >= 0.6 is 11.3 Å². The van der Waals surface area contributed by atoms with Crippen molar-refractivity contribution >= 4 is 17.2 Å². The Bertz CT molecular complexity index is 821. The first kappa shape index (κ1) is 16.4. The fraction of sp³-hybridized carbons (Fsp3) is 0.278. The summed E-state index contributed by atoms with van der Waals surface area (Å²) in [5.41, 5.74) is 3.17. The number of hydrogen-bond donors (Lipinski definition) is 1. The van der Waals surface area contributed by atoms with Crippen LogP contribution in [-0.2, 0) is 17.8 Å². The molecule has 124 valence electrons. The molecule has 0 saturated carbocycles. The molecule has 0 radical (unpaired) electrons. The van der Waals surface area contributed by atoms with Gasteiger partial charge < -0.3 is 9.73 Å². The van der Waals surface area contributed by atoms with Gasteiger partial charge in [-0.1, -0.05) is 29.8 Å². The Labute approximate surface area is 144 Å². The molecule has 0 fully saturated rings. The summed E-state index contributed by atoms with van der Waals surface area (Å²) in [7, 11) is 0. The number of thiazole rings is 1. The maximum absolute atomic E-state index is 11.9. The van der Waals surface area contributed by atoms with Crippen LogP contribution in [0.1, 0.15) is 28.6 Å². The number of hydrogen-bond acceptors (Lipinski definition) is 5. The van der Waals surface area contributed by atoms with Crippen molar-refractivity contribution in [1.29, 1.82) is 0 Å². The second kappa shape index (κ2) is 7.40. The molecular weight excluding hydrogens is 322 g/mol. The summed E-state index contributed by atoms with van der Waals surface area (Å²) in [6.07, 6.45) is 2.53. The average Bonchev–Trinajstić information content (AvgIpc) is 3.21.